The van der Waals surface area contributed by atoms with Gasteiger partial charge in [-0.3, -0.25) is 0 Å². The van der Waals surface area contributed by atoms with E-state index >= 15 is 0 Å². The molecule has 1 unspecified atom stereocenters. The summed E-state index contributed by atoms with van der Waals surface area (Å²) in [4.78, 5) is 1.99. The maximum Gasteiger partial charge on any atom is 0.208 e. The molecule has 0 aromatic carbocycles. The molecule has 0 amide bonds. The summed E-state index contributed by atoms with van der Waals surface area (Å²) >= 11 is 7.03. The third-order valence-corrected chi connectivity index (χ3v) is 5.58. The van der Waals surface area contributed by atoms with Crippen molar-refractivity contribution in [3.8, 4) is 0 Å². The van der Waals surface area contributed by atoms with Crippen LogP contribution >= 0.6 is 39.0 Å². The standard InChI is InChI=1S/C10H18BrN3S2/c1-7(2)8(5-11)6-15-10-13-12-9(16-10)14(3)4/h7-8H,5-6H2,1-4H3. The average molecular weight is 324 g/mol. The summed E-state index contributed by atoms with van der Waals surface area (Å²) in [6, 6.07) is 0. The van der Waals surface area contributed by atoms with Gasteiger partial charge in [-0.05, 0) is 11.8 Å². The minimum atomic E-state index is 0.691. The molecule has 0 fully saturated rings. The van der Waals surface area contributed by atoms with E-state index in [-0.39, 0.29) is 0 Å². The second-order valence-corrected chi connectivity index (χ2v) is 7.08. The lowest BCUT2D eigenvalue weighted by Gasteiger charge is -2.16. The van der Waals surface area contributed by atoms with Gasteiger partial charge in [-0.1, -0.05) is 52.9 Å². The monoisotopic (exact) mass is 323 g/mol. The van der Waals surface area contributed by atoms with Crippen LogP contribution in [0.4, 0.5) is 5.13 Å². The molecule has 16 heavy (non-hydrogen) atoms. The summed E-state index contributed by atoms with van der Waals surface area (Å²) < 4.78 is 1.07. The first kappa shape index (κ1) is 14.3. The van der Waals surface area contributed by atoms with E-state index in [9.17, 15) is 0 Å². The van der Waals surface area contributed by atoms with E-state index in [1.165, 1.54) is 0 Å². The van der Waals surface area contributed by atoms with Gasteiger partial charge in [0.1, 0.15) is 0 Å². The van der Waals surface area contributed by atoms with E-state index in [4.69, 9.17) is 0 Å². The normalized spacial score (nSPS) is 13.1. The zero-order valence-corrected chi connectivity index (χ0v) is 13.3. The maximum atomic E-state index is 4.18. The highest BCUT2D eigenvalue weighted by molar-refractivity contribution is 9.09. The molecule has 92 valence electrons. The van der Waals surface area contributed by atoms with Gasteiger partial charge in [-0.25, -0.2) is 0 Å². The van der Waals surface area contributed by atoms with Crippen molar-refractivity contribution in [2.24, 2.45) is 11.8 Å². The smallest absolute Gasteiger partial charge is 0.208 e. The van der Waals surface area contributed by atoms with Gasteiger partial charge in [0.15, 0.2) is 4.34 Å². The molecule has 0 bridgehead atoms. The summed E-state index contributed by atoms with van der Waals surface area (Å²) in [6.45, 7) is 4.52. The molecule has 0 aliphatic heterocycles. The summed E-state index contributed by atoms with van der Waals surface area (Å²) in [5, 5.41) is 10.3. The van der Waals surface area contributed by atoms with E-state index < -0.39 is 0 Å². The Hall–Kier alpha value is 0.190. The average Bonchev–Trinajstić information content (AvgIpc) is 2.67. The van der Waals surface area contributed by atoms with Crippen molar-refractivity contribution in [2.75, 3.05) is 30.1 Å². The summed E-state index contributed by atoms with van der Waals surface area (Å²) in [5.41, 5.74) is 0. The second kappa shape index (κ2) is 6.81. The Morgan fingerprint density at radius 2 is 2.06 bits per heavy atom. The van der Waals surface area contributed by atoms with Crippen LogP contribution in [0.1, 0.15) is 13.8 Å². The zero-order valence-electron chi connectivity index (χ0n) is 10.1. The third-order valence-electron chi connectivity index (χ3n) is 2.34. The van der Waals surface area contributed by atoms with Crippen LogP contribution in [0, 0.1) is 11.8 Å². The van der Waals surface area contributed by atoms with Crippen LogP contribution in [-0.2, 0) is 0 Å². The Kier molecular flexibility index (Phi) is 6.07. The highest BCUT2D eigenvalue weighted by Gasteiger charge is 2.14. The Balaban J connectivity index is 2.47. The predicted molar refractivity (Wildman–Crippen MR) is 77.1 cm³/mol. The van der Waals surface area contributed by atoms with Gasteiger partial charge in [0.2, 0.25) is 5.13 Å². The molecule has 0 radical (unpaired) electrons. The Morgan fingerprint density at radius 3 is 2.50 bits per heavy atom. The zero-order chi connectivity index (χ0) is 12.1. The molecule has 6 heteroatoms. The number of halogens is 1. The minimum Gasteiger partial charge on any atom is -0.353 e. The number of aromatic nitrogens is 2. The first-order valence-corrected chi connectivity index (χ1v) is 8.16. The summed E-state index contributed by atoms with van der Waals surface area (Å²) in [5.74, 6) is 2.50. The summed E-state index contributed by atoms with van der Waals surface area (Å²) in [7, 11) is 3.98. The largest absolute Gasteiger partial charge is 0.353 e. The predicted octanol–water partition coefficient (Wildman–Crippen LogP) is 3.36. The number of alkyl halides is 1. The Morgan fingerprint density at radius 1 is 1.38 bits per heavy atom. The van der Waals surface area contributed by atoms with Gasteiger partial charge >= 0.3 is 0 Å². The molecule has 0 saturated carbocycles. The fourth-order valence-corrected chi connectivity index (χ4v) is 4.44. The molecule has 1 heterocycles. The number of hydrogen-bond donors (Lipinski definition) is 0. The molecule has 1 rings (SSSR count). The van der Waals surface area contributed by atoms with E-state index in [0.717, 1.165) is 20.6 Å². The Bertz CT molecular complexity index is 315. The van der Waals surface area contributed by atoms with Crippen LogP contribution in [0.2, 0.25) is 0 Å². The molecule has 3 nitrogen and oxygen atoms in total. The van der Waals surface area contributed by atoms with Crippen molar-refractivity contribution in [3.05, 3.63) is 0 Å². The maximum absolute atomic E-state index is 4.18. The van der Waals surface area contributed by atoms with Gasteiger partial charge < -0.3 is 4.90 Å². The number of rotatable bonds is 6. The van der Waals surface area contributed by atoms with Gasteiger partial charge in [0.05, 0.1) is 0 Å². The lowest BCUT2D eigenvalue weighted by molar-refractivity contribution is 0.474. The molecule has 0 aliphatic rings. The molecule has 0 saturated heterocycles. The number of nitrogens with zero attached hydrogens (tertiary/aromatic N) is 3. The van der Waals surface area contributed by atoms with Crippen LogP contribution in [0.5, 0.6) is 0 Å². The van der Waals surface area contributed by atoms with Crippen LogP contribution in [-0.4, -0.2) is 35.4 Å². The third kappa shape index (κ3) is 4.22. The van der Waals surface area contributed by atoms with Crippen molar-refractivity contribution in [3.63, 3.8) is 0 Å². The Labute approximate surface area is 114 Å². The van der Waals surface area contributed by atoms with Crippen LogP contribution in [0.3, 0.4) is 0 Å². The molecular formula is C10H18BrN3S2. The lowest BCUT2D eigenvalue weighted by atomic mass is 10.0. The van der Waals surface area contributed by atoms with Gasteiger partial charge in [-0.2, -0.15) is 0 Å². The van der Waals surface area contributed by atoms with Crippen molar-refractivity contribution < 1.29 is 0 Å². The number of anilines is 1. The van der Waals surface area contributed by atoms with E-state index in [2.05, 4.69) is 40.0 Å². The molecule has 0 aliphatic carbocycles. The minimum absolute atomic E-state index is 0.691. The van der Waals surface area contributed by atoms with Crippen LogP contribution < -0.4 is 4.90 Å². The molecular weight excluding hydrogens is 306 g/mol. The van der Waals surface area contributed by atoms with Gasteiger partial charge in [-0.15, -0.1) is 10.2 Å². The first-order chi connectivity index (χ1) is 7.54. The van der Waals surface area contributed by atoms with Crippen molar-refractivity contribution >= 4 is 44.2 Å². The lowest BCUT2D eigenvalue weighted by Crippen LogP contribution is -2.12. The topological polar surface area (TPSA) is 29.0 Å². The highest BCUT2D eigenvalue weighted by Crippen LogP contribution is 2.30. The van der Waals surface area contributed by atoms with E-state index in [0.29, 0.717) is 11.8 Å². The molecule has 1 aromatic heterocycles. The van der Waals surface area contributed by atoms with E-state index in [1.807, 2.05) is 30.8 Å². The van der Waals surface area contributed by atoms with Crippen LogP contribution in [0.15, 0.2) is 4.34 Å². The fraction of sp³-hybridized carbons (Fsp3) is 0.800. The van der Waals surface area contributed by atoms with Crippen LogP contribution in [0.25, 0.3) is 0 Å². The van der Waals surface area contributed by atoms with Crippen molar-refractivity contribution in [2.45, 2.75) is 18.2 Å². The van der Waals surface area contributed by atoms with Crippen molar-refractivity contribution in [1.82, 2.24) is 10.2 Å². The number of thioether (sulfide) groups is 1. The van der Waals surface area contributed by atoms with Gasteiger partial charge in [0, 0.05) is 25.2 Å². The van der Waals surface area contributed by atoms with Gasteiger partial charge in [0.25, 0.3) is 0 Å². The quantitative estimate of drug-likeness (QED) is 0.593. The highest BCUT2D eigenvalue weighted by atomic mass is 79.9. The molecule has 0 spiro atoms. The molecule has 1 aromatic rings. The fourth-order valence-electron chi connectivity index (χ4n) is 1.04. The SMILES string of the molecule is CC(C)C(CBr)CSc1nnc(N(C)C)s1. The molecule has 0 N–H and O–H groups in total. The second-order valence-electron chi connectivity index (χ2n) is 4.21. The van der Waals surface area contributed by atoms with Crippen molar-refractivity contribution in [1.29, 1.82) is 0 Å². The van der Waals surface area contributed by atoms with E-state index in [1.54, 1.807) is 11.3 Å². The summed E-state index contributed by atoms with van der Waals surface area (Å²) in [6.07, 6.45) is 0. The first-order valence-electron chi connectivity index (χ1n) is 5.24. The number of hydrogen-bond acceptors (Lipinski definition) is 5. The molecule has 1 atom stereocenters.